The summed E-state index contributed by atoms with van der Waals surface area (Å²) in [6.45, 7) is 3.66. The van der Waals surface area contributed by atoms with Crippen molar-refractivity contribution in [3.05, 3.63) is 54.3 Å². The van der Waals surface area contributed by atoms with Gasteiger partial charge in [-0.3, -0.25) is 4.79 Å². The number of carbonyl (C=O) groups is 1. The van der Waals surface area contributed by atoms with Crippen LogP contribution in [0.3, 0.4) is 0 Å². The first-order valence-electron chi connectivity index (χ1n) is 8.16. The Kier molecular flexibility index (Phi) is 4.97. The smallest absolute Gasteiger partial charge is 0.336 e. The number of amides is 1. The zero-order valence-electron chi connectivity index (χ0n) is 14.7. The van der Waals surface area contributed by atoms with Crippen LogP contribution in [0.5, 0.6) is 6.01 Å². The Morgan fingerprint density at radius 3 is 2.54 bits per heavy atom. The molecule has 26 heavy (non-hydrogen) atoms. The SMILES string of the molecule is COc1nc(-c2cccc(F)c2)n(-c2ccc(NC(=O)C(C)C)cc2)n1. The third-order valence-corrected chi connectivity index (χ3v) is 3.76. The highest BCUT2D eigenvalue weighted by atomic mass is 19.1. The molecule has 0 atom stereocenters. The molecule has 1 heterocycles. The Bertz CT molecular complexity index is 920. The van der Waals surface area contributed by atoms with E-state index in [2.05, 4.69) is 15.4 Å². The fraction of sp³-hybridized carbons (Fsp3) is 0.211. The number of rotatable bonds is 5. The van der Waals surface area contributed by atoms with Crippen LogP contribution in [0.2, 0.25) is 0 Å². The number of hydrogen-bond acceptors (Lipinski definition) is 4. The van der Waals surface area contributed by atoms with E-state index in [1.54, 1.807) is 41.1 Å². The lowest BCUT2D eigenvalue weighted by Gasteiger charge is -2.09. The van der Waals surface area contributed by atoms with E-state index in [9.17, 15) is 9.18 Å². The molecule has 2 aromatic carbocycles. The number of carbonyl (C=O) groups excluding carboxylic acids is 1. The van der Waals surface area contributed by atoms with Crippen molar-refractivity contribution in [2.24, 2.45) is 5.92 Å². The van der Waals surface area contributed by atoms with Gasteiger partial charge in [-0.05, 0) is 36.4 Å². The normalized spacial score (nSPS) is 10.8. The van der Waals surface area contributed by atoms with Crippen LogP contribution >= 0.6 is 0 Å². The van der Waals surface area contributed by atoms with Crippen LogP contribution in [0, 0.1) is 11.7 Å². The Balaban J connectivity index is 1.96. The third kappa shape index (κ3) is 3.72. The second-order valence-corrected chi connectivity index (χ2v) is 6.04. The molecule has 1 aromatic heterocycles. The molecule has 0 radical (unpaired) electrons. The predicted octanol–water partition coefficient (Wildman–Crippen LogP) is 3.68. The summed E-state index contributed by atoms with van der Waals surface area (Å²) in [7, 11) is 1.47. The maximum absolute atomic E-state index is 13.6. The number of methoxy groups -OCH3 is 1. The molecule has 6 nitrogen and oxygen atoms in total. The van der Waals surface area contributed by atoms with Crippen molar-refractivity contribution in [3.8, 4) is 23.1 Å². The van der Waals surface area contributed by atoms with E-state index in [0.717, 1.165) is 0 Å². The molecule has 1 amide bonds. The van der Waals surface area contributed by atoms with E-state index in [1.165, 1.54) is 19.2 Å². The minimum atomic E-state index is -0.359. The lowest BCUT2D eigenvalue weighted by atomic mass is 10.2. The first-order chi connectivity index (χ1) is 12.5. The molecule has 7 heteroatoms. The van der Waals surface area contributed by atoms with Gasteiger partial charge in [0.05, 0.1) is 12.8 Å². The zero-order valence-corrected chi connectivity index (χ0v) is 14.7. The highest BCUT2D eigenvalue weighted by Gasteiger charge is 2.15. The fourth-order valence-electron chi connectivity index (χ4n) is 2.35. The Hall–Kier alpha value is -3.22. The van der Waals surface area contributed by atoms with Gasteiger partial charge < -0.3 is 10.1 Å². The van der Waals surface area contributed by atoms with Crippen LogP contribution in [-0.2, 0) is 4.79 Å². The van der Waals surface area contributed by atoms with E-state index in [4.69, 9.17) is 4.74 Å². The van der Waals surface area contributed by atoms with Crippen LogP contribution in [-0.4, -0.2) is 27.8 Å². The third-order valence-electron chi connectivity index (χ3n) is 3.76. The molecule has 0 saturated heterocycles. The van der Waals surface area contributed by atoms with Gasteiger partial charge in [0.1, 0.15) is 5.82 Å². The van der Waals surface area contributed by atoms with E-state index < -0.39 is 0 Å². The zero-order chi connectivity index (χ0) is 18.7. The lowest BCUT2D eigenvalue weighted by Crippen LogP contribution is -2.17. The van der Waals surface area contributed by atoms with Gasteiger partial charge in [-0.2, -0.15) is 4.98 Å². The van der Waals surface area contributed by atoms with Gasteiger partial charge in [0.2, 0.25) is 5.91 Å². The summed E-state index contributed by atoms with van der Waals surface area (Å²) in [6, 6.07) is 13.4. The number of halogens is 1. The number of hydrogen-bond donors (Lipinski definition) is 1. The van der Waals surface area contributed by atoms with Gasteiger partial charge in [-0.15, -0.1) is 5.10 Å². The maximum atomic E-state index is 13.6. The van der Waals surface area contributed by atoms with Gasteiger partial charge in [0.25, 0.3) is 0 Å². The van der Waals surface area contributed by atoms with Crippen molar-refractivity contribution in [1.29, 1.82) is 0 Å². The lowest BCUT2D eigenvalue weighted by molar-refractivity contribution is -0.118. The molecule has 0 aliphatic carbocycles. The highest BCUT2D eigenvalue weighted by molar-refractivity contribution is 5.92. The van der Waals surface area contributed by atoms with Crippen molar-refractivity contribution in [2.45, 2.75) is 13.8 Å². The number of ether oxygens (including phenoxy) is 1. The summed E-state index contributed by atoms with van der Waals surface area (Å²) in [4.78, 5) is 16.1. The molecule has 3 aromatic rings. The maximum Gasteiger partial charge on any atom is 0.336 e. The van der Waals surface area contributed by atoms with Crippen molar-refractivity contribution >= 4 is 11.6 Å². The standard InChI is InChI=1S/C19H19FN4O2/c1-12(2)18(25)21-15-7-9-16(10-8-15)24-17(22-19(23-24)26-3)13-5-4-6-14(20)11-13/h4-12H,1-3H3,(H,21,25). The molecule has 0 spiro atoms. The Morgan fingerprint density at radius 2 is 1.92 bits per heavy atom. The summed E-state index contributed by atoms with van der Waals surface area (Å²) in [6.07, 6.45) is 0. The van der Waals surface area contributed by atoms with Gasteiger partial charge in [0.15, 0.2) is 5.82 Å². The molecular formula is C19H19FN4O2. The van der Waals surface area contributed by atoms with Gasteiger partial charge in [-0.1, -0.05) is 26.0 Å². The summed E-state index contributed by atoms with van der Waals surface area (Å²) in [5, 5.41) is 7.13. The van der Waals surface area contributed by atoms with E-state index in [-0.39, 0.29) is 23.7 Å². The predicted molar refractivity (Wildman–Crippen MR) is 96.8 cm³/mol. The van der Waals surface area contributed by atoms with Crippen molar-refractivity contribution in [3.63, 3.8) is 0 Å². The monoisotopic (exact) mass is 354 g/mol. The number of nitrogens with zero attached hydrogens (tertiary/aromatic N) is 3. The van der Waals surface area contributed by atoms with Crippen LogP contribution < -0.4 is 10.1 Å². The highest BCUT2D eigenvalue weighted by Crippen LogP contribution is 2.25. The average Bonchev–Trinajstić information content (AvgIpc) is 3.07. The van der Waals surface area contributed by atoms with Crippen molar-refractivity contribution in [1.82, 2.24) is 14.8 Å². The largest absolute Gasteiger partial charge is 0.466 e. The molecular weight excluding hydrogens is 335 g/mol. The molecule has 0 aliphatic heterocycles. The molecule has 134 valence electrons. The summed E-state index contributed by atoms with van der Waals surface area (Å²) in [5.74, 6) is -0.0578. The van der Waals surface area contributed by atoms with E-state index in [0.29, 0.717) is 22.8 Å². The van der Waals surface area contributed by atoms with Crippen LogP contribution in [0.4, 0.5) is 10.1 Å². The van der Waals surface area contributed by atoms with Crippen LogP contribution in [0.15, 0.2) is 48.5 Å². The molecule has 0 aliphatic rings. The first kappa shape index (κ1) is 17.6. The summed E-state index contributed by atoms with van der Waals surface area (Å²) in [5.41, 5.74) is 1.98. The molecule has 0 saturated carbocycles. The molecule has 0 fully saturated rings. The first-order valence-corrected chi connectivity index (χ1v) is 8.16. The van der Waals surface area contributed by atoms with Crippen LogP contribution in [0.25, 0.3) is 17.1 Å². The fourth-order valence-corrected chi connectivity index (χ4v) is 2.35. The molecule has 3 rings (SSSR count). The number of aromatic nitrogens is 3. The number of anilines is 1. The van der Waals surface area contributed by atoms with Gasteiger partial charge in [0, 0.05) is 17.2 Å². The second kappa shape index (κ2) is 7.35. The van der Waals surface area contributed by atoms with Crippen molar-refractivity contribution < 1.29 is 13.9 Å². The van der Waals surface area contributed by atoms with E-state index >= 15 is 0 Å². The van der Waals surface area contributed by atoms with E-state index in [1.807, 2.05) is 13.8 Å². The minimum Gasteiger partial charge on any atom is -0.466 e. The molecule has 1 N–H and O–H groups in total. The van der Waals surface area contributed by atoms with Gasteiger partial charge in [-0.25, -0.2) is 9.07 Å². The Labute approximate surface area is 150 Å². The second-order valence-electron chi connectivity index (χ2n) is 6.04. The minimum absolute atomic E-state index is 0.0550. The Morgan fingerprint density at radius 1 is 1.19 bits per heavy atom. The number of nitrogens with one attached hydrogen (secondary N) is 1. The molecule has 0 bridgehead atoms. The summed E-state index contributed by atoms with van der Waals surface area (Å²) < 4.78 is 20.3. The van der Waals surface area contributed by atoms with Crippen molar-refractivity contribution in [2.75, 3.05) is 12.4 Å². The summed E-state index contributed by atoms with van der Waals surface area (Å²) >= 11 is 0. The quantitative estimate of drug-likeness (QED) is 0.759. The van der Waals surface area contributed by atoms with Gasteiger partial charge >= 0.3 is 6.01 Å². The molecule has 0 unspecified atom stereocenters. The average molecular weight is 354 g/mol. The topological polar surface area (TPSA) is 69.0 Å². The number of benzene rings is 2. The van der Waals surface area contributed by atoms with Crippen LogP contribution in [0.1, 0.15) is 13.8 Å².